The minimum absolute atomic E-state index is 0.684. The van der Waals surface area contributed by atoms with E-state index in [1.807, 2.05) is 30.3 Å². The van der Waals surface area contributed by atoms with Crippen LogP contribution in [0.2, 0.25) is 5.02 Å². The standard InChI is InChI=1S/C15H15BrClNO/c1-10-3-6-15(19-2)11(7-10)9-18-14-8-12(17)4-5-13(14)16/h3-8,18H,9H2,1-2H3. The second kappa shape index (κ2) is 6.31. The van der Waals surface area contributed by atoms with Crippen LogP contribution in [-0.4, -0.2) is 7.11 Å². The van der Waals surface area contributed by atoms with Crippen molar-refractivity contribution in [2.45, 2.75) is 13.5 Å². The van der Waals surface area contributed by atoms with Crippen LogP contribution in [0.1, 0.15) is 11.1 Å². The second-order valence-corrected chi connectivity index (χ2v) is 5.58. The van der Waals surface area contributed by atoms with E-state index in [1.165, 1.54) is 5.56 Å². The van der Waals surface area contributed by atoms with Gasteiger partial charge in [0.05, 0.1) is 12.8 Å². The van der Waals surface area contributed by atoms with Gasteiger partial charge in [-0.1, -0.05) is 29.3 Å². The lowest BCUT2D eigenvalue weighted by atomic mass is 10.1. The van der Waals surface area contributed by atoms with Crippen LogP contribution < -0.4 is 10.1 Å². The third-order valence-electron chi connectivity index (χ3n) is 2.83. The molecule has 0 saturated heterocycles. The summed E-state index contributed by atoms with van der Waals surface area (Å²) in [4.78, 5) is 0. The third-order valence-corrected chi connectivity index (χ3v) is 3.76. The van der Waals surface area contributed by atoms with Gasteiger partial charge in [-0.25, -0.2) is 0 Å². The minimum atomic E-state index is 0.684. The van der Waals surface area contributed by atoms with E-state index in [9.17, 15) is 0 Å². The number of methoxy groups -OCH3 is 1. The molecular formula is C15H15BrClNO. The number of halogens is 2. The van der Waals surface area contributed by atoms with Crippen molar-refractivity contribution < 1.29 is 4.74 Å². The fraction of sp³-hybridized carbons (Fsp3) is 0.200. The maximum absolute atomic E-state index is 6.00. The van der Waals surface area contributed by atoms with Crippen molar-refractivity contribution in [1.82, 2.24) is 0 Å². The summed E-state index contributed by atoms with van der Waals surface area (Å²) in [6.07, 6.45) is 0. The molecule has 4 heteroatoms. The normalized spacial score (nSPS) is 10.3. The molecule has 0 aliphatic carbocycles. The van der Waals surface area contributed by atoms with Gasteiger partial charge in [-0.2, -0.15) is 0 Å². The zero-order chi connectivity index (χ0) is 13.8. The predicted octanol–water partition coefficient (Wildman–Crippen LogP) is 5.03. The van der Waals surface area contributed by atoms with E-state index in [0.717, 1.165) is 21.5 Å². The molecule has 0 saturated carbocycles. The van der Waals surface area contributed by atoms with Crippen LogP contribution in [0.3, 0.4) is 0 Å². The molecule has 0 unspecified atom stereocenters. The van der Waals surface area contributed by atoms with Gasteiger partial charge in [-0.15, -0.1) is 0 Å². The molecule has 0 spiro atoms. The van der Waals surface area contributed by atoms with Gasteiger partial charge in [0.2, 0.25) is 0 Å². The summed E-state index contributed by atoms with van der Waals surface area (Å²) in [6.45, 7) is 2.75. The minimum Gasteiger partial charge on any atom is -0.496 e. The Bertz CT molecular complexity index is 586. The summed E-state index contributed by atoms with van der Waals surface area (Å²) in [5.74, 6) is 0.885. The average molecular weight is 341 g/mol. The molecule has 0 aliphatic heterocycles. The first kappa shape index (κ1) is 14.2. The first-order valence-corrected chi connectivity index (χ1v) is 7.09. The number of anilines is 1. The van der Waals surface area contributed by atoms with Gasteiger partial charge in [-0.3, -0.25) is 0 Å². The Morgan fingerprint density at radius 1 is 1.21 bits per heavy atom. The van der Waals surface area contributed by atoms with Crippen molar-refractivity contribution in [2.75, 3.05) is 12.4 Å². The smallest absolute Gasteiger partial charge is 0.123 e. The van der Waals surface area contributed by atoms with Crippen molar-refractivity contribution >= 4 is 33.2 Å². The maximum Gasteiger partial charge on any atom is 0.123 e. The van der Waals surface area contributed by atoms with Gasteiger partial charge in [0.1, 0.15) is 5.75 Å². The van der Waals surface area contributed by atoms with Crippen LogP contribution in [0.25, 0.3) is 0 Å². The van der Waals surface area contributed by atoms with Crippen molar-refractivity contribution in [3.8, 4) is 5.75 Å². The Morgan fingerprint density at radius 2 is 2.00 bits per heavy atom. The van der Waals surface area contributed by atoms with Gasteiger partial charge in [-0.05, 0) is 47.1 Å². The molecule has 0 aromatic heterocycles. The van der Waals surface area contributed by atoms with Crippen LogP contribution in [-0.2, 0) is 6.54 Å². The fourth-order valence-corrected chi connectivity index (χ4v) is 2.43. The molecule has 2 aromatic rings. The molecule has 0 bridgehead atoms. The molecule has 0 radical (unpaired) electrons. The number of benzene rings is 2. The van der Waals surface area contributed by atoms with Gasteiger partial charge in [0.15, 0.2) is 0 Å². The molecule has 19 heavy (non-hydrogen) atoms. The van der Waals surface area contributed by atoms with Gasteiger partial charge in [0.25, 0.3) is 0 Å². The van der Waals surface area contributed by atoms with E-state index in [-0.39, 0.29) is 0 Å². The highest BCUT2D eigenvalue weighted by molar-refractivity contribution is 9.10. The van der Waals surface area contributed by atoms with Crippen LogP contribution in [0.4, 0.5) is 5.69 Å². The summed E-state index contributed by atoms with van der Waals surface area (Å²) in [5, 5.41) is 4.07. The predicted molar refractivity (Wildman–Crippen MR) is 84.2 cm³/mol. The molecule has 0 aliphatic rings. The quantitative estimate of drug-likeness (QED) is 0.842. The second-order valence-electron chi connectivity index (χ2n) is 4.29. The van der Waals surface area contributed by atoms with Crippen LogP contribution in [0, 0.1) is 6.92 Å². The van der Waals surface area contributed by atoms with Crippen molar-refractivity contribution in [1.29, 1.82) is 0 Å². The molecule has 100 valence electrons. The van der Waals surface area contributed by atoms with E-state index in [1.54, 1.807) is 7.11 Å². The summed E-state index contributed by atoms with van der Waals surface area (Å²) in [7, 11) is 1.68. The molecule has 2 rings (SSSR count). The van der Waals surface area contributed by atoms with Crippen LogP contribution in [0.5, 0.6) is 5.75 Å². The van der Waals surface area contributed by atoms with Crippen molar-refractivity contribution in [2.24, 2.45) is 0 Å². The Labute approximate surface area is 126 Å². The van der Waals surface area contributed by atoms with E-state index in [0.29, 0.717) is 11.6 Å². The third kappa shape index (κ3) is 3.64. The zero-order valence-corrected chi connectivity index (χ0v) is 13.2. The Kier molecular flexibility index (Phi) is 4.72. The molecule has 0 heterocycles. The number of aryl methyl sites for hydroxylation is 1. The maximum atomic E-state index is 6.00. The lowest BCUT2D eigenvalue weighted by Gasteiger charge is -2.12. The molecular weight excluding hydrogens is 326 g/mol. The number of rotatable bonds is 4. The number of ether oxygens (including phenoxy) is 1. The first-order chi connectivity index (χ1) is 9.10. The van der Waals surface area contributed by atoms with E-state index >= 15 is 0 Å². The Balaban J connectivity index is 2.18. The summed E-state index contributed by atoms with van der Waals surface area (Å²) in [5.41, 5.74) is 3.30. The average Bonchev–Trinajstić information content (AvgIpc) is 2.40. The van der Waals surface area contributed by atoms with Gasteiger partial charge < -0.3 is 10.1 Å². The fourth-order valence-electron chi connectivity index (χ4n) is 1.87. The topological polar surface area (TPSA) is 21.3 Å². The summed E-state index contributed by atoms with van der Waals surface area (Å²) < 4.78 is 6.35. The monoisotopic (exact) mass is 339 g/mol. The first-order valence-electron chi connectivity index (χ1n) is 5.92. The highest BCUT2D eigenvalue weighted by atomic mass is 79.9. The lowest BCUT2D eigenvalue weighted by Crippen LogP contribution is -2.02. The van der Waals surface area contributed by atoms with Gasteiger partial charge in [0, 0.05) is 21.6 Å². The van der Waals surface area contributed by atoms with Crippen LogP contribution >= 0.6 is 27.5 Å². The van der Waals surface area contributed by atoms with Crippen LogP contribution in [0.15, 0.2) is 40.9 Å². The highest BCUT2D eigenvalue weighted by Crippen LogP contribution is 2.27. The summed E-state index contributed by atoms with van der Waals surface area (Å²) >= 11 is 9.50. The highest BCUT2D eigenvalue weighted by Gasteiger charge is 2.05. The van der Waals surface area contributed by atoms with E-state index < -0.39 is 0 Å². The van der Waals surface area contributed by atoms with Gasteiger partial charge >= 0.3 is 0 Å². The molecule has 0 fully saturated rings. The zero-order valence-electron chi connectivity index (χ0n) is 10.8. The molecule has 0 atom stereocenters. The molecule has 2 aromatic carbocycles. The molecule has 2 nitrogen and oxygen atoms in total. The van der Waals surface area contributed by atoms with Crippen molar-refractivity contribution in [3.05, 3.63) is 57.0 Å². The Hall–Kier alpha value is -1.19. The number of hydrogen-bond donors (Lipinski definition) is 1. The SMILES string of the molecule is COc1ccc(C)cc1CNc1cc(Cl)ccc1Br. The van der Waals surface area contributed by atoms with E-state index in [4.69, 9.17) is 16.3 Å². The summed E-state index contributed by atoms with van der Waals surface area (Å²) in [6, 6.07) is 11.8. The van der Waals surface area contributed by atoms with Crippen molar-refractivity contribution in [3.63, 3.8) is 0 Å². The largest absolute Gasteiger partial charge is 0.496 e. The number of nitrogens with one attached hydrogen (secondary N) is 1. The number of hydrogen-bond acceptors (Lipinski definition) is 2. The van der Waals surface area contributed by atoms with E-state index in [2.05, 4.69) is 34.2 Å². The molecule has 0 amide bonds. The Morgan fingerprint density at radius 3 is 2.74 bits per heavy atom. The lowest BCUT2D eigenvalue weighted by molar-refractivity contribution is 0.410. The molecule has 1 N–H and O–H groups in total.